The van der Waals surface area contributed by atoms with Crippen LogP contribution in [-0.2, 0) is 9.59 Å². The van der Waals surface area contributed by atoms with Gasteiger partial charge < -0.3 is 29.0 Å². The van der Waals surface area contributed by atoms with E-state index in [0.717, 1.165) is 43.3 Å². The number of rotatable bonds is 6. The monoisotopic (exact) mass is 427 g/mol. The van der Waals surface area contributed by atoms with E-state index in [1.54, 1.807) is 14.2 Å². The van der Waals surface area contributed by atoms with Crippen LogP contribution in [0.5, 0.6) is 11.5 Å². The van der Waals surface area contributed by atoms with Crippen LogP contribution in [0.4, 0.5) is 0 Å². The Balaban J connectivity index is 1.62. The minimum absolute atomic E-state index is 0.0242. The van der Waals surface area contributed by atoms with Crippen molar-refractivity contribution in [1.82, 2.24) is 14.7 Å². The SMILES string of the molecule is CCN1C=C(C(=O)N2CCC(N3CCCC3)CC2)c2cc(OC)c(OC)cc2C1C=O. The molecular weight excluding hydrogens is 394 g/mol. The van der Waals surface area contributed by atoms with Gasteiger partial charge >= 0.3 is 0 Å². The molecular formula is C24H33N3O4. The Kier molecular flexibility index (Phi) is 6.51. The highest BCUT2D eigenvalue weighted by atomic mass is 16.5. The molecule has 3 heterocycles. The maximum absolute atomic E-state index is 13.6. The first-order valence-electron chi connectivity index (χ1n) is 11.3. The molecule has 1 aromatic rings. The highest BCUT2D eigenvalue weighted by Crippen LogP contribution is 2.41. The lowest BCUT2D eigenvalue weighted by Gasteiger charge is -2.39. The predicted molar refractivity (Wildman–Crippen MR) is 119 cm³/mol. The topological polar surface area (TPSA) is 62.3 Å². The minimum Gasteiger partial charge on any atom is -0.493 e. The molecule has 0 aromatic heterocycles. The van der Waals surface area contributed by atoms with Gasteiger partial charge in [-0.05, 0) is 69.0 Å². The molecule has 0 bridgehead atoms. The van der Waals surface area contributed by atoms with Crippen molar-refractivity contribution in [2.45, 2.75) is 44.7 Å². The van der Waals surface area contributed by atoms with E-state index in [9.17, 15) is 9.59 Å². The number of hydrogen-bond donors (Lipinski definition) is 0. The maximum Gasteiger partial charge on any atom is 0.255 e. The number of methoxy groups -OCH3 is 2. The van der Waals surface area contributed by atoms with Gasteiger partial charge in [0.15, 0.2) is 11.5 Å². The summed E-state index contributed by atoms with van der Waals surface area (Å²) in [6.45, 7) is 6.54. The summed E-state index contributed by atoms with van der Waals surface area (Å²) in [6, 6.07) is 3.81. The largest absolute Gasteiger partial charge is 0.493 e. The van der Waals surface area contributed by atoms with Crippen LogP contribution in [0, 0.1) is 0 Å². The van der Waals surface area contributed by atoms with Gasteiger partial charge in [-0.15, -0.1) is 0 Å². The summed E-state index contributed by atoms with van der Waals surface area (Å²) < 4.78 is 10.9. The molecule has 1 aromatic carbocycles. The molecule has 0 aliphatic carbocycles. The van der Waals surface area contributed by atoms with Crippen LogP contribution in [-0.4, -0.2) is 79.9 Å². The zero-order valence-corrected chi connectivity index (χ0v) is 18.8. The van der Waals surface area contributed by atoms with Gasteiger partial charge in [-0.3, -0.25) is 4.79 Å². The third-order valence-corrected chi connectivity index (χ3v) is 6.95. The number of piperidine rings is 1. The third-order valence-electron chi connectivity index (χ3n) is 6.95. The van der Waals surface area contributed by atoms with Crippen molar-refractivity contribution in [2.75, 3.05) is 46.9 Å². The lowest BCUT2D eigenvalue weighted by Crippen LogP contribution is -2.46. The van der Waals surface area contributed by atoms with Crippen molar-refractivity contribution in [1.29, 1.82) is 0 Å². The van der Waals surface area contributed by atoms with E-state index in [1.165, 1.54) is 25.9 Å². The number of nitrogens with zero attached hydrogens (tertiary/aromatic N) is 3. The van der Waals surface area contributed by atoms with Crippen molar-refractivity contribution in [2.24, 2.45) is 0 Å². The van der Waals surface area contributed by atoms with Crippen molar-refractivity contribution < 1.29 is 19.1 Å². The molecule has 3 aliphatic rings. The van der Waals surface area contributed by atoms with E-state index in [0.29, 0.717) is 29.7 Å². The number of likely N-dealkylation sites (N-methyl/N-ethyl adjacent to an activating group) is 1. The molecule has 3 aliphatic heterocycles. The lowest BCUT2D eigenvalue weighted by atomic mass is 9.89. The normalized spacial score (nSPS) is 22.2. The summed E-state index contributed by atoms with van der Waals surface area (Å²) in [6.07, 6.45) is 7.39. The van der Waals surface area contributed by atoms with Crippen LogP contribution in [0.2, 0.25) is 0 Å². The molecule has 0 saturated carbocycles. The van der Waals surface area contributed by atoms with E-state index in [2.05, 4.69) is 4.90 Å². The smallest absolute Gasteiger partial charge is 0.255 e. The molecule has 2 fully saturated rings. The van der Waals surface area contributed by atoms with Crippen LogP contribution in [0.15, 0.2) is 18.3 Å². The second-order valence-corrected chi connectivity index (χ2v) is 8.52. The maximum atomic E-state index is 13.6. The number of carbonyl (C=O) groups is 2. The molecule has 0 radical (unpaired) electrons. The van der Waals surface area contributed by atoms with E-state index in [1.807, 2.05) is 35.1 Å². The standard InChI is InChI=1S/C24H33N3O4/c1-4-25-15-20(18-13-22(30-2)23(31-3)14-19(18)21(25)16-28)24(29)27-11-7-17(8-12-27)26-9-5-6-10-26/h13-17,21H,4-12H2,1-3H3. The Morgan fingerprint density at radius 3 is 2.29 bits per heavy atom. The second kappa shape index (κ2) is 9.30. The van der Waals surface area contributed by atoms with E-state index in [4.69, 9.17) is 9.47 Å². The molecule has 31 heavy (non-hydrogen) atoms. The fourth-order valence-corrected chi connectivity index (χ4v) is 5.19. The van der Waals surface area contributed by atoms with Gasteiger partial charge in [-0.2, -0.15) is 0 Å². The second-order valence-electron chi connectivity index (χ2n) is 8.52. The lowest BCUT2D eigenvalue weighted by molar-refractivity contribution is -0.126. The van der Waals surface area contributed by atoms with Gasteiger partial charge in [0.25, 0.3) is 5.91 Å². The fourth-order valence-electron chi connectivity index (χ4n) is 5.19. The zero-order chi connectivity index (χ0) is 22.0. The molecule has 0 N–H and O–H groups in total. The average Bonchev–Trinajstić information content (AvgIpc) is 3.36. The van der Waals surface area contributed by atoms with Gasteiger partial charge in [0.1, 0.15) is 12.3 Å². The van der Waals surface area contributed by atoms with E-state index < -0.39 is 6.04 Å². The Morgan fingerprint density at radius 2 is 1.71 bits per heavy atom. The summed E-state index contributed by atoms with van der Waals surface area (Å²) in [5.74, 6) is 1.14. The van der Waals surface area contributed by atoms with Gasteiger partial charge in [-0.1, -0.05) is 0 Å². The predicted octanol–water partition coefficient (Wildman–Crippen LogP) is 2.71. The van der Waals surface area contributed by atoms with Crippen molar-refractivity contribution in [3.05, 3.63) is 29.5 Å². The Morgan fingerprint density at radius 1 is 1.06 bits per heavy atom. The minimum atomic E-state index is -0.447. The van der Waals surface area contributed by atoms with Crippen LogP contribution in [0.1, 0.15) is 49.8 Å². The average molecular weight is 428 g/mol. The first-order valence-corrected chi connectivity index (χ1v) is 11.3. The molecule has 7 nitrogen and oxygen atoms in total. The highest BCUT2D eigenvalue weighted by molar-refractivity contribution is 6.20. The molecule has 0 spiro atoms. The molecule has 2 saturated heterocycles. The Hall–Kier alpha value is -2.54. The van der Waals surface area contributed by atoms with Gasteiger partial charge in [0, 0.05) is 31.9 Å². The molecule has 168 valence electrons. The van der Waals surface area contributed by atoms with Crippen molar-refractivity contribution in [3.8, 4) is 11.5 Å². The number of carbonyl (C=O) groups excluding carboxylic acids is 2. The number of fused-ring (bicyclic) bond motifs is 1. The van der Waals surface area contributed by atoms with Crippen molar-refractivity contribution in [3.63, 3.8) is 0 Å². The first kappa shape index (κ1) is 21.7. The van der Waals surface area contributed by atoms with Crippen LogP contribution in [0.25, 0.3) is 5.57 Å². The summed E-state index contributed by atoms with van der Waals surface area (Å²) in [7, 11) is 3.16. The molecule has 1 atom stereocenters. The molecule has 1 unspecified atom stereocenters. The molecule has 1 amide bonds. The van der Waals surface area contributed by atoms with Gasteiger partial charge in [0.05, 0.1) is 19.8 Å². The fraction of sp³-hybridized carbons (Fsp3) is 0.583. The summed E-state index contributed by atoms with van der Waals surface area (Å²) in [4.78, 5) is 32.0. The van der Waals surface area contributed by atoms with Crippen LogP contribution >= 0.6 is 0 Å². The quantitative estimate of drug-likeness (QED) is 0.651. The van der Waals surface area contributed by atoms with Crippen LogP contribution in [0.3, 0.4) is 0 Å². The molecule has 4 rings (SSSR count). The van der Waals surface area contributed by atoms with Gasteiger partial charge in [-0.25, -0.2) is 0 Å². The number of amides is 1. The summed E-state index contributed by atoms with van der Waals surface area (Å²) >= 11 is 0. The first-order chi connectivity index (χ1) is 15.1. The van der Waals surface area contributed by atoms with E-state index >= 15 is 0 Å². The number of hydrogen-bond acceptors (Lipinski definition) is 6. The third kappa shape index (κ3) is 4.03. The summed E-state index contributed by atoms with van der Waals surface area (Å²) in [5, 5.41) is 0. The Bertz CT molecular complexity index is 855. The Labute approximate surface area is 184 Å². The number of ether oxygens (including phenoxy) is 2. The van der Waals surface area contributed by atoms with Crippen LogP contribution < -0.4 is 9.47 Å². The number of benzene rings is 1. The number of aldehydes is 1. The summed E-state index contributed by atoms with van der Waals surface area (Å²) in [5.41, 5.74) is 2.16. The zero-order valence-electron chi connectivity index (χ0n) is 18.8. The highest BCUT2D eigenvalue weighted by Gasteiger charge is 2.35. The molecule has 7 heteroatoms. The van der Waals surface area contributed by atoms with Gasteiger partial charge in [0.2, 0.25) is 0 Å². The van der Waals surface area contributed by atoms with E-state index in [-0.39, 0.29) is 5.91 Å². The van der Waals surface area contributed by atoms with Crippen molar-refractivity contribution >= 4 is 17.8 Å². The number of likely N-dealkylation sites (tertiary alicyclic amines) is 2.